The molecule has 0 unspecified atom stereocenters. The summed E-state index contributed by atoms with van der Waals surface area (Å²) in [5.41, 5.74) is 1.54. The van der Waals surface area contributed by atoms with Crippen LogP contribution < -0.4 is 20.3 Å². The highest BCUT2D eigenvalue weighted by Gasteiger charge is 2.18. The molecule has 2 aromatic heterocycles. The quantitative estimate of drug-likeness (QED) is 0.762. The van der Waals surface area contributed by atoms with Gasteiger partial charge in [0, 0.05) is 30.3 Å². The van der Waals surface area contributed by atoms with Crippen molar-refractivity contribution in [1.82, 2.24) is 19.5 Å². The summed E-state index contributed by atoms with van der Waals surface area (Å²) >= 11 is 0. The molecule has 0 bridgehead atoms. The van der Waals surface area contributed by atoms with E-state index in [9.17, 15) is 9.59 Å². The minimum atomic E-state index is -0.332. The lowest BCUT2D eigenvalue weighted by Crippen LogP contribution is -2.26. The number of methoxy groups -OCH3 is 2. The van der Waals surface area contributed by atoms with Crippen molar-refractivity contribution in [2.75, 3.05) is 21.3 Å². The molecule has 24 heavy (non-hydrogen) atoms. The topological polar surface area (TPSA) is 86.9 Å². The molecule has 3 aromatic rings. The van der Waals surface area contributed by atoms with Crippen LogP contribution in [0.1, 0.15) is 5.69 Å². The van der Waals surface area contributed by atoms with Crippen LogP contribution in [0.15, 0.2) is 23.0 Å². The first kappa shape index (κ1) is 15.9. The number of amides is 1. The van der Waals surface area contributed by atoms with Gasteiger partial charge in [-0.25, -0.2) is 4.52 Å². The average molecular weight is 330 g/mol. The normalized spacial score (nSPS) is 11.0. The van der Waals surface area contributed by atoms with Crippen molar-refractivity contribution in [2.45, 2.75) is 13.5 Å². The second kappa shape index (κ2) is 5.88. The second-order valence-corrected chi connectivity index (χ2v) is 5.33. The Balaban J connectivity index is 2.47. The third kappa shape index (κ3) is 2.36. The smallest absolute Gasteiger partial charge is 0.273 e. The van der Waals surface area contributed by atoms with E-state index < -0.39 is 0 Å². The summed E-state index contributed by atoms with van der Waals surface area (Å²) in [6.45, 7) is 1.88. The van der Waals surface area contributed by atoms with Crippen LogP contribution in [0, 0.1) is 6.92 Å². The zero-order chi connectivity index (χ0) is 17.4. The van der Waals surface area contributed by atoms with E-state index in [0.29, 0.717) is 28.2 Å². The van der Waals surface area contributed by atoms with Crippen molar-refractivity contribution in [1.29, 1.82) is 0 Å². The van der Waals surface area contributed by atoms with Crippen molar-refractivity contribution < 1.29 is 14.3 Å². The molecule has 0 radical (unpaired) electrons. The summed E-state index contributed by atoms with van der Waals surface area (Å²) in [5, 5.41) is 3.31. The molecule has 0 saturated carbocycles. The van der Waals surface area contributed by atoms with Gasteiger partial charge in [-0.2, -0.15) is 4.98 Å². The van der Waals surface area contributed by atoms with Gasteiger partial charge >= 0.3 is 0 Å². The fourth-order valence-electron chi connectivity index (χ4n) is 2.81. The Kier molecular flexibility index (Phi) is 3.88. The Labute approximate surface area is 137 Å². The standard InChI is InChI=1S/C16H18N4O4/c1-9-5-14(21)18-16-10-6-12(23-3)13(24-4)7-11(10)19(20(9)16)8-15(22)17-2/h5-7H,8H2,1-4H3,(H,17,22). The van der Waals surface area contributed by atoms with Gasteiger partial charge in [0.1, 0.15) is 6.54 Å². The highest BCUT2D eigenvalue weighted by atomic mass is 16.5. The molecule has 2 heterocycles. The Morgan fingerprint density at radius 3 is 2.50 bits per heavy atom. The number of rotatable bonds is 4. The first-order chi connectivity index (χ1) is 11.5. The number of nitrogens with zero attached hydrogens (tertiary/aromatic N) is 3. The lowest BCUT2D eigenvalue weighted by atomic mass is 10.2. The average Bonchev–Trinajstić information content (AvgIpc) is 2.86. The van der Waals surface area contributed by atoms with Crippen LogP contribution in [0.25, 0.3) is 16.6 Å². The summed E-state index contributed by atoms with van der Waals surface area (Å²) < 4.78 is 14.2. The van der Waals surface area contributed by atoms with Gasteiger partial charge in [-0.15, -0.1) is 0 Å². The maximum absolute atomic E-state index is 11.9. The maximum Gasteiger partial charge on any atom is 0.273 e. The van der Waals surface area contributed by atoms with E-state index in [1.165, 1.54) is 13.2 Å². The van der Waals surface area contributed by atoms with Crippen molar-refractivity contribution in [3.05, 3.63) is 34.2 Å². The van der Waals surface area contributed by atoms with E-state index in [4.69, 9.17) is 9.47 Å². The zero-order valence-corrected chi connectivity index (χ0v) is 13.9. The Morgan fingerprint density at radius 2 is 1.88 bits per heavy atom. The molecule has 0 aliphatic carbocycles. The molecule has 0 atom stereocenters. The van der Waals surface area contributed by atoms with Gasteiger partial charge in [-0.3, -0.25) is 14.3 Å². The highest BCUT2D eigenvalue weighted by molar-refractivity contribution is 5.96. The molecule has 1 amide bonds. The minimum absolute atomic E-state index is 0.0807. The summed E-state index contributed by atoms with van der Waals surface area (Å²) in [6.07, 6.45) is 0. The van der Waals surface area contributed by atoms with Gasteiger partial charge in [0.2, 0.25) is 5.91 Å². The number of nitrogens with one attached hydrogen (secondary N) is 1. The number of aryl methyl sites for hydroxylation is 1. The summed E-state index contributed by atoms with van der Waals surface area (Å²) in [5.74, 6) is 0.897. The first-order valence-electron chi connectivity index (χ1n) is 7.35. The SMILES string of the molecule is CNC(=O)Cn1c2cc(OC)c(OC)cc2c2nc(=O)cc(C)n21. The molecule has 126 valence electrons. The number of aromatic nitrogens is 3. The van der Waals surface area contributed by atoms with Gasteiger partial charge in [0.05, 0.1) is 19.7 Å². The van der Waals surface area contributed by atoms with E-state index in [-0.39, 0.29) is 18.0 Å². The Bertz CT molecular complexity index is 1000. The number of hydrogen-bond acceptors (Lipinski definition) is 5. The highest BCUT2D eigenvalue weighted by Crippen LogP contribution is 2.34. The van der Waals surface area contributed by atoms with Crippen molar-refractivity contribution in [3.63, 3.8) is 0 Å². The van der Waals surface area contributed by atoms with E-state index in [2.05, 4.69) is 10.3 Å². The van der Waals surface area contributed by atoms with E-state index in [1.807, 2.05) is 0 Å². The zero-order valence-electron chi connectivity index (χ0n) is 13.9. The fourth-order valence-corrected chi connectivity index (χ4v) is 2.81. The number of ether oxygens (including phenoxy) is 2. The number of carbonyl (C=O) groups is 1. The third-order valence-corrected chi connectivity index (χ3v) is 3.92. The van der Waals surface area contributed by atoms with E-state index >= 15 is 0 Å². The first-order valence-corrected chi connectivity index (χ1v) is 7.35. The molecule has 0 aliphatic heterocycles. The predicted molar refractivity (Wildman–Crippen MR) is 88.9 cm³/mol. The number of benzene rings is 1. The van der Waals surface area contributed by atoms with E-state index in [0.717, 1.165) is 5.52 Å². The third-order valence-electron chi connectivity index (χ3n) is 3.92. The summed E-state index contributed by atoms with van der Waals surface area (Å²) in [4.78, 5) is 27.9. The van der Waals surface area contributed by atoms with Crippen LogP contribution in [-0.4, -0.2) is 41.4 Å². The van der Waals surface area contributed by atoms with Gasteiger partial charge in [0.25, 0.3) is 5.56 Å². The Morgan fingerprint density at radius 1 is 1.21 bits per heavy atom. The largest absolute Gasteiger partial charge is 0.493 e. The van der Waals surface area contributed by atoms with Crippen LogP contribution in [0.2, 0.25) is 0 Å². The maximum atomic E-state index is 11.9. The second-order valence-electron chi connectivity index (χ2n) is 5.33. The van der Waals surface area contributed by atoms with Gasteiger partial charge in [-0.1, -0.05) is 0 Å². The molecule has 3 rings (SSSR count). The number of carbonyl (C=O) groups excluding carboxylic acids is 1. The summed E-state index contributed by atoms with van der Waals surface area (Å²) in [7, 11) is 4.66. The minimum Gasteiger partial charge on any atom is -0.493 e. The predicted octanol–water partition coefficient (Wildman–Crippen LogP) is 0.721. The van der Waals surface area contributed by atoms with Crippen molar-refractivity contribution in [2.24, 2.45) is 0 Å². The van der Waals surface area contributed by atoms with Gasteiger partial charge in [-0.05, 0) is 13.0 Å². The lowest BCUT2D eigenvalue weighted by Gasteiger charge is -2.11. The van der Waals surface area contributed by atoms with Crippen molar-refractivity contribution in [3.8, 4) is 11.5 Å². The molecule has 0 aliphatic rings. The van der Waals surface area contributed by atoms with Crippen LogP contribution in [0.5, 0.6) is 11.5 Å². The molecule has 0 saturated heterocycles. The molecule has 1 N–H and O–H groups in total. The van der Waals surface area contributed by atoms with Crippen LogP contribution in [0.4, 0.5) is 0 Å². The van der Waals surface area contributed by atoms with Crippen LogP contribution in [-0.2, 0) is 11.3 Å². The molecule has 8 heteroatoms. The van der Waals surface area contributed by atoms with E-state index in [1.54, 1.807) is 42.4 Å². The van der Waals surface area contributed by atoms with Crippen LogP contribution >= 0.6 is 0 Å². The van der Waals surface area contributed by atoms with Gasteiger partial charge in [0.15, 0.2) is 17.1 Å². The van der Waals surface area contributed by atoms with Crippen LogP contribution in [0.3, 0.4) is 0 Å². The monoisotopic (exact) mass is 330 g/mol. The van der Waals surface area contributed by atoms with Gasteiger partial charge < -0.3 is 14.8 Å². The molecule has 0 fully saturated rings. The summed E-state index contributed by atoms with van der Waals surface area (Å²) in [6, 6.07) is 4.96. The number of fused-ring (bicyclic) bond motifs is 3. The molecular formula is C16H18N4O4. The number of likely N-dealkylation sites (N-methyl/N-ethyl adjacent to an activating group) is 1. The molecule has 1 aromatic carbocycles. The molecular weight excluding hydrogens is 312 g/mol. The molecule has 0 spiro atoms. The van der Waals surface area contributed by atoms with Crippen molar-refractivity contribution >= 4 is 22.5 Å². The molecule has 8 nitrogen and oxygen atoms in total. The lowest BCUT2D eigenvalue weighted by molar-refractivity contribution is -0.121. The fraction of sp³-hybridized carbons (Fsp3) is 0.312. The number of hydrogen-bond donors (Lipinski definition) is 1. The Hall–Kier alpha value is -3.03.